The van der Waals surface area contributed by atoms with Crippen LogP contribution in [0.1, 0.15) is 16.7 Å². The Morgan fingerprint density at radius 1 is 0.727 bits per heavy atom. The Hall–Kier alpha value is -2.54. The summed E-state index contributed by atoms with van der Waals surface area (Å²) in [5, 5.41) is 3.63. The van der Waals surface area contributed by atoms with Gasteiger partial charge in [-0.05, 0) is 40.3 Å². The van der Waals surface area contributed by atoms with Crippen LogP contribution in [0.3, 0.4) is 0 Å². The highest BCUT2D eigenvalue weighted by molar-refractivity contribution is 5.81. The zero-order valence-corrected chi connectivity index (χ0v) is 12.5. The molecule has 3 aromatic carbocycles. The summed E-state index contributed by atoms with van der Waals surface area (Å²) >= 11 is 0. The number of fused-ring (bicyclic) bond motifs is 3. The Morgan fingerprint density at radius 2 is 1.50 bits per heavy atom. The summed E-state index contributed by atoms with van der Waals surface area (Å²) in [6.45, 7) is 0.969. The van der Waals surface area contributed by atoms with Crippen molar-refractivity contribution in [2.45, 2.75) is 12.8 Å². The molecular weight excluding hydrogens is 266 g/mol. The normalized spacial score (nSPS) is 11.8. The van der Waals surface area contributed by atoms with Crippen molar-refractivity contribution >= 4 is 5.69 Å². The maximum atomic E-state index is 3.63. The van der Waals surface area contributed by atoms with E-state index in [0.717, 1.165) is 19.4 Å². The number of rotatable bonds is 4. The minimum Gasteiger partial charge on any atom is -0.384 e. The first-order valence-corrected chi connectivity index (χ1v) is 7.90. The van der Waals surface area contributed by atoms with Crippen LogP contribution in [-0.4, -0.2) is 6.54 Å². The van der Waals surface area contributed by atoms with Gasteiger partial charge in [-0.3, -0.25) is 0 Å². The van der Waals surface area contributed by atoms with Crippen LogP contribution >= 0.6 is 0 Å². The van der Waals surface area contributed by atoms with Gasteiger partial charge in [0.15, 0.2) is 0 Å². The van der Waals surface area contributed by atoms with E-state index in [9.17, 15) is 0 Å². The van der Waals surface area contributed by atoms with E-state index >= 15 is 0 Å². The van der Waals surface area contributed by atoms with E-state index in [-0.39, 0.29) is 0 Å². The van der Waals surface area contributed by atoms with Gasteiger partial charge < -0.3 is 5.32 Å². The minimum absolute atomic E-state index is 0.969. The van der Waals surface area contributed by atoms with Crippen molar-refractivity contribution in [2.24, 2.45) is 0 Å². The first-order chi connectivity index (χ1) is 10.9. The van der Waals surface area contributed by atoms with Crippen LogP contribution in [0.15, 0.2) is 72.8 Å². The summed E-state index contributed by atoms with van der Waals surface area (Å²) in [7, 11) is 0. The number of hydrogen-bond donors (Lipinski definition) is 1. The van der Waals surface area contributed by atoms with E-state index in [1.807, 2.05) is 0 Å². The Balaban J connectivity index is 1.53. The molecule has 0 saturated carbocycles. The highest BCUT2D eigenvalue weighted by Crippen LogP contribution is 2.39. The summed E-state index contributed by atoms with van der Waals surface area (Å²) in [6.07, 6.45) is 2.09. The lowest BCUT2D eigenvalue weighted by atomic mass is 10.0. The molecule has 0 spiro atoms. The third kappa shape index (κ3) is 2.39. The zero-order chi connectivity index (χ0) is 14.8. The number of anilines is 1. The Morgan fingerprint density at radius 3 is 2.41 bits per heavy atom. The van der Waals surface area contributed by atoms with Crippen LogP contribution in [0.2, 0.25) is 0 Å². The van der Waals surface area contributed by atoms with Gasteiger partial charge in [-0.2, -0.15) is 0 Å². The zero-order valence-electron chi connectivity index (χ0n) is 12.5. The molecule has 108 valence electrons. The average Bonchev–Trinajstić information content (AvgIpc) is 2.96. The minimum atomic E-state index is 0.969. The quantitative estimate of drug-likeness (QED) is 0.561. The van der Waals surface area contributed by atoms with E-state index in [2.05, 4.69) is 78.1 Å². The number of benzene rings is 3. The second kappa shape index (κ2) is 5.69. The van der Waals surface area contributed by atoms with Gasteiger partial charge in [-0.1, -0.05) is 66.7 Å². The summed E-state index contributed by atoms with van der Waals surface area (Å²) in [6, 6.07) is 26.0. The van der Waals surface area contributed by atoms with Gasteiger partial charge in [0.1, 0.15) is 0 Å². The molecule has 3 aromatic rings. The molecule has 0 bridgehead atoms. The van der Waals surface area contributed by atoms with Crippen molar-refractivity contribution in [1.29, 1.82) is 0 Å². The smallest absolute Gasteiger partial charge is 0.0382 e. The fraction of sp³-hybridized carbons (Fsp3) is 0.143. The molecule has 1 aliphatic carbocycles. The van der Waals surface area contributed by atoms with Crippen LogP contribution in [0.5, 0.6) is 0 Å². The van der Waals surface area contributed by atoms with E-state index < -0.39 is 0 Å². The van der Waals surface area contributed by atoms with Crippen LogP contribution in [0.25, 0.3) is 11.1 Å². The molecule has 0 aliphatic heterocycles. The first-order valence-electron chi connectivity index (χ1n) is 7.90. The summed E-state index contributed by atoms with van der Waals surface area (Å²) in [5.41, 5.74) is 8.33. The predicted molar refractivity (Wildman–Crippen MR) is 93.3 cm³/mol. The molecular formula is C21H19N. The van der Waals surface area contributed by atoms with Crippen LogP contribution in [-0.2, 0) is 12.8 Å². The standard InChI is InChI=1S/C21H19N/c1-2-7-16(8-3-1)13-14-22-21-12-6-11-19-18-10-5-4-9-17(18)15-20(19)21/h1-12,22H,13-15H2. The lowest BCUT2D eigenvalue weighted by Gasteiger charge is -2.11. The van der Waals surface area contributed by atoms with Crippen LogP contribution in [0, 0.1) is 0 Å². The van der Waals surface area contributed by atoms with Gasteiger partial charge in [0.05, 0.1) is 0 Å². The van der Waals surface area contributed by atoms with Gasteiger partial charge in [0.2, 0.25) is 0 Å². The molecule has 1 N–H and O–H groups in total. The molecule has 1 nitrogen and oxygen atoms in total. The average molecular weight is 285 g/mol. The Kier molecular flexibility index (Phi) is 3.40. The molecule has 0 amide bonds. The third-order valence-corrected chi connectivity index (χ3v) is 4.42. The van der Waals surface area contributed by atoms with Gasteiger partial charge in [0.25, 0.3) is 0 Å². The summed E-state index contributed by atoms with van der Waals surface area (Å²) in [5.74, 6) is 0. The van der Waals surface area contributed by atoms with Crippen molar-refractivity contribution in [3.63, 3.8) is 0 Å². The second-order valence-electron chi connectivity index (χ2n) is 5.83. The van der Waals surface area contributed by atoms with Crippen molar-refractivity contribution in [3.05, 3.63) is 89.5 Å². The molecule has 0 atom stereocenters. The molecule has 0 unspecified atom stereocenters. The lowest BCUT2D eigenvalue weighted by Crippen LogP contribution is -2.06. The Labute approximate surface area is 131 Å². The Bertz CT molecular complexity index is 790. The topological polar surface area (TPSA) is 12.0 Å². The van der Waals surface area contributed by atoms with Gasteiger partial charge in [-0.15, -0.1) is 0 Å². The van der Waals surface area contributed by atoms with E-state index in [1.165, 1.54) is 33.5 Å². The highest BCUT2D eigenvalue weighted by Gasteiger charge is 2.19. The first kappa shape index (κ1) is 13.1. The largest absolute Gasteiger partial charge is 0.384 e. The lowest BCUT2D eigenvalue weighted by molar-refractivity contribution is 1.01. The van der Waals surface area contributed by atoms with Crippen molar-refractivity contribution in [3.8, 4) is 11.1 Å². The van der Waals surface area contributed by atoms with Crippen LogP contribution < -0.4 is 5.32 Å². The molecule has 0 aromatic heterocycles. The molecule has 4 rings (SSSR count). The van der Waals surface area contributed by atoms with E-state index in [1.54, 1.807) is 0 Å². The predicted octanol–water partition coefficient (Wildman–Crippen LogP) is 4.91. The summed E-state index contributed by atoms with van der Waals surface area (Å²) < 4.78 is 0. The van der Waals surface area contributed by atoms with Crippen molar-refractivity contribution < 1.29 is 0 Å². The molecule has 0 fully saturated rings. The van der Waals surface area contributed by atoms with Crippen LogP contribution in [0.4, 0.5) is 5.69 Å². The number of hydrogen-bond acceptors (Lipinski definition) is 1. The molecule has 1 heteroatoms. The molecule has 0 heterocycles. The molecule has 0 radical (unpaired) electrons. The van der Waals surface area contributed by atoms with Gasteiger partial charge >= 0.3 is 0 Å². The molecule has 1 aliphatic rings. The van der Waals surface area contributed by atoms with Gasteiger partial charge in [-0.25, -0.2) is 0 Å². The third-order valence-electron chi connectivity index (χ3n) is 4.42. The van der Waals surface area contributed by atoms with Crippen molar-refractivity contribution in [2.75, 3.05) is 11.9 Å². The van der Waals surface area contributed by atoms with Crippen molar-refractivity contribution in [1.82, 2.24) is 0 Å². The highest BCUT2D eigenvalue weighted by atomic mass is 14.9. The molecule has 22 heavy (non-hydrogen) atoms. The monoisotopic (exact) mass is 285 g/mol. The van der Waals surface area contributed by atoms with E-state index in [4.69, 9.17) is 0 Å². The number of nitrogens with one attached hydrogen (secondary N) is 1. The van der Waals surface area contributed by atoms with Gasteiger partial charge in [0, 0.05) is 18.7 Å². The van der Waals surface area contributed by atoms with E-state index in [0.29, 0.717) is 0 Å². The SMILES string of the molecule is c1ccc(CCNc2cccc3c2Cc2ccccc2-3)cc1. The summed E-state index contributed by atoms with van der Waals surface area (Å²) in [4.78, 5) is 0. The fourth-order valence-corrected chi connectivity index (χ4v) is 3.31. The fourth-order valence-electron chi connectivity index (χ4n) is 3.31. The second-order valence-corrected chi connectivity index (χ2v) is 5.83. The molecule has 0 saturated heterocycles. The maximum absolute atomic E-state index is 3.63. The maximum Gasteiger partial charge on any atom is 0.0382 e.